The SMILES string of the molecule is O=C(c1ccccc1)c1nn(-c2ccccc2)c(=O)o1. The van der Waals surface area contributed by atoms with Crippen molar-refractivity contribution in [3.8, 4) is 5.69 Å². The Kier molecular flexibility index (Phi) is 3.01. The number of ketones is 1. The second-order valence-corrected chi connectivity index (χ2v) is 4.12. The van der Waals surface area contributed by atoms with E-state index in [4.69, 9.17) is 4.42 Å². The maximum atomic E-state index is 12.1. The Morgan fingerprint density at radius 1 is 0.950 bits per heavy atom. The standard InChI is InChI=1S/C15H10N2O3/c18-13(11-7-3-1-4-8-11)14-16-17(15(19)20-14)12-9-5-2-6-10-12/h1-10H. The normalized spacial score (nSPS) is 10.4. The second kappa shape index (κ2) is 4.97. The largest absolute Gasteiger partial charge is 0.442 e. The van der Waals surface area contributed by atoms with Crippen LogP contribution in [0, 0.1) is 0 Å². The smallest absolute Gasteiger partial charge is 0.384 e. The average molecular weight is 266 g/mol. The molecule has 0 bridgehead atoms. The summed E-state index contributed by atoms with van der Waals surface area (Å²) in [5.74, 6) is -1.32. The summed E-state index contributed by atoms with van der Waals surface area (Å²) in [6.07, 6.45) is 0. The minimum absolute atomic E-state index is 0.218. The van der Waals surface area contributed by atoms with Gasteiger partial charge in [0.15, 0.2) is 0 Å². The molecule has 0 saturated carbocycles. The predicted molar refractivity (Wildman–Crippen MR) is 72.0 cm³/mol. The number of hydrogen-bond donors (Lipinski definition) is 0. The van der Waals surface area contributed by atoms with Crippen molar-refractivity contribution in [1.82, 2.24) is 9.78 Å². The van der Waals surface area contributed by atoms with Gasteiger partial charge in [0.2, 0.25) is 5.78 Å². The number of para-hydroxylation sites is 1. The molecule has 0 fully saturated rings. The van der Waals surface area contributed by atoms with Gasteiger partial charge in [-0.3, -0.25) is 4.79 Å². The van der Waals surface area contributed by atoms with Crippen LogP contribution in [0.25, 0.3) is 5.69 Å². The lowest BCUT2D eigenvalue weighted by molar-refractivity contribution is 0.100. The highest BCUT2D eigenvalue weighted by Crippen LogP contribution is 2.08. The maximum absolute atomic E-state index is 12.1. The topological polar surface area (TPSA) is 65.1 Å². The summed E-state index contributed by atoms with van der Waals surface area (Å²) in [5.41, 5.74) is 0.974. The van der Waals surface area contributed by atoms with E-state index >= 15 is 0 Å². The fraction of sp³-hybridized carbons (Fsp3) is 0. The van der Waals surface area contributed by atoms with E-state index in [1.165, 1.54) is 0 Å². The van der Waals surface area contributed by atoms with Gasteiger partial charge in [0.1, 0.15) is 0 Å². The predicted octanol–water partition coefficient (Wildman–Crippen LogP) is 2.06. The van der Waals surface area contributed by atoms with Crippen LogP contribution in [0.15, 0.2) is 69.9 Å². The number of benzene rings is 2. The number of hydrogen-bond acceptors (Lipinski definition) is 4. The summed E-state index contributed by atoms with van der Waals surface area (Å²) in [7, 11) is 0. The number of carbonyl (C=O) groups excluding carboxylic acids is 1. The van der Waals surface area contributed by atoms with Crippen LogP contribution in [-0.4, -0.2) is 15.6 Å². The van der Waals surface area contributed by atoms with Crippen molar-refractivity contribution in [3.63, 3.8) is 0 Å². The molecule has 0 spiro atoms. The summed E-state index contributed by atoms with van der Waals surface area (Å²) < 4.78 is 6.00. The highest BCUT2D eigenvalue weighted by Gasteiger charge is 2.18. The van der Waals surface area contributed by atoms with E-state index in [-0.39, 0.29) is 5.89 Å². The maximum Gasteiger partial charge on any atom is 0.442 e. The molecule has 98 valence electrons. The van der Waals surface area contributed by atoms with Crippen LogP contribution < -0.4 is 5.76 Å². The minimum atomic E-state index is -0.685. The van der Waals surface area contributed by atoms with Crippen LogP contribution in [-0.2, 0) is 0 Å². The molecule has 0 unspecified atom stereocenters. The van der Waals surface area contributed by atoms with Crippen LogP contribution in [0.1, 0.15) is 16.2 Å². The average Bonchev–Trinajstić information content (AvgIpc) is 2.90. The molecule has 0 amide bonds. The molecule has 0 saturated heterocycles. The van der Waals surface area contributed by atoms with E-state index in [9.17, 15) is 9.59 Å². The lowest BCUT2D eigenvalue weighted by Gasteiger charge is -1.96. The fourth-order valence-corrected chi connectivity index (χ4v) is 1.82. The molecular formula is C15H10N2O3. The molecule has 0 aliphatic carbocycles. The Labute approximate surface area is 114 Å². The molecule has 0 aliphatic rings. The molecule has 1 heterocycles. The molecule has 3 rings (SSSR count). The Morgan fingerprint density at radius 3 is 2.20 bits per heavy atom. The van der Waals surface area contributed by atoms with Gasteiger partial charge in [-0.15, -0.1) is 5.10 Å². The first-order valence-corrected chi connectivity index (χ1v) is 6.01. The van der Waals surface area contributed by atoms with Gasteiger partial charge in [0, 0.05) is 5.56 Å². The zero-order chi connectivity index (χ0) is 13.9. The molecule has 0 atom stereocenters. The molecule has 0 radical (unpaired) electrons. The van der Waals surface area contributed by atoms with Gasteiger partial charge < -0.3 is 4.42 Å². The molecule has 5 nitrogen and oxygen atoms in total. The molecule has 0 N–H and O–H groups in total. The lowest BCUT2D eigenvalue weighted by atomic mass is 10.1. The van der Waals surface area contributed by atoms with E-state index in [1.54, 1.807) is 54.6 Å². The molecular weight excluding hydrogens is 256 g/mol. The van der Waals surface area contributed by atoms with Crippen LogP contribution in [0.3, 0.4) is 0 Å². The minimum Gasteiger partial charge on any atom is -0.384 e. The summed E-state index contributed by atoms with van der Waals surface area (Å²) in [6.45, 7) is 0. The molecule has 3 aromatic rings. The third kappa shape index (κ3) is 2.16. The Morgan fingerprint density at radius 2 is 1.55 bits per heavy atom. The quantitative estimate of drug-likeness (QED) is 0.680. The Hall–Kier alpha value is -2.95. The van der Waals surface area contributed by atoms with Crippen molar-refractivity contribution >= 4 is 5.78 Å². The van der Waals surface area contributed by atoms with E-state index < -0.39 is 11.5 Å². The first-order chi connectivity index (χ1) is 9.75. The van der Waals surface area contributed by atoms with Gasteiger partial charge in [-0.2, -0.15) is 4.68 Å². The summed E-state index contributed by atoms with van der Waals surface area (Å²) in [4.78, 5) is 23.9. The second-order valence-electron chi connectivity index (χ2n) is 4.12. The molecule has 5 heteroatoms. The highest BCUT2D eigenvalue weighted by molar-refractivity contribution is 6.05. The fourth-order valence-electron chi connectivity index (χ4n) is 1.82. The number of carbonyl (C=O) groups is 1. The zero-order valence-corrected chi connectivity index (χ0v) is 10.4. The molecule has 0 aliphatic heterocycles. The number of nitrogens with zero attached hydrogens (tertiary/aromatic N) is 2. The van der Waals surface area contributed by atoms with Crippen molar-refractivity contribution in [2.75, 3.05) is 0 Å². The Bertz CT molecular complexity index is 789. The zero-order valence-electron chi connectivity index (χ0n) is 10.4. The number of aromatic nitrogens is 2. The van der Waals surface area contributed by atoms with Gasteiger partial charge in [0.25, 0.3) is 5.89 Å². The van der Waals surface area contributed by atoms with Crippen LogP contribution in [0.5, 0.6) is 0 Å². The van der Waals surface area contributed by atoms with E-state index in [0.717, 1.165) is 4.68 Å². The first-order valence-electron chi connectivity index (χ1n) is 6.01. The van der Waals surface area contributed by atoms with Crippen molar-refractivity contribution in [2.24, 2.45) is 0 Å². The Balaban J connectivity index is 2.02. The van der Waals surface area contributed by atoms with E-state index in [1.807, 2.05) is 6.07 Å². The van der Waals surface area contributed by atoms with E-state index in [0.29, 0.717) is 11.3 Å². The van der Waals surface area contributed by atoms with Gasteiger partial charge in [-0.25, -0.2) is 4.79 Å². The summed E-state index contributed by atoms with van der Waals surface area (Å²) in [6, 6.07) is 17.3. The summed E-state index contributed by atoms with van der Waals surface area (Å²) in [5, 5.41) is 3.94. The van der Waals surface area contributed by atoms with Gasteiger partial charge >= 0.3 is 5.76 Å². The molecule has 20 heavy (non-hydrogen) atoms. The molecule has 2 aromatic carbocycles. The van der Waals surface area contributed by atoms with Crippen molar-refractivity contribution in [2.45, 2.75) is 0 Å². The third-order valence-corrected chi connectivity index (χ3v) is 2.78. The van der Waals surface area contributed by atoms with Gasteiger partial charge in [-0.05, 0) is 12.1 Å². The molecule has 1 aromatic heterocycles. The van der Waals surface area contributed by atoms with Crippen LogP contribution in [0.4, 0.5) is 0 Å². The van der Waals surface area contributed by atoms with Crippen molar-refractivity contribution < 1.29 is 9.21 Å². The van der Waals surface area contributed by atoms with Gasteiger partial charge in [-0.1, -0.05) is 48.5 Å². The van der Waals surface area contributed by atoms with Crippen LogP contribution >= 0.6 is 0 Å². The van der Waals surface area contributed by atoms with Crippen molar-refractivity contribution in [3.05, 3.63) is 82.7 Å². The third-order valence-electron chi connectivity index (χ3n) is 2.78. The lowest BCUT2D eigenvalue weighted by Crippen LogP contribution is -2.13. The van der Waals surface area contributed by atoms with Crippen molar-refractivity contribution in [1.29, 1.82) is 0 Å². The first kappa shape index (κ1) is 12.1. The van der Waals surface area contributed by atoms with Crippen LogP contribution in [0.2, 0.25) is 0 Å². The van der Waals surface area contributed by atoms with E-state index in [2.05, 4.69) is 5.10 Å². The summed E-state index contributed by atoms with van der Waals surface area (Å²) >= 11 is 0. The monoisotopic (exact) mass is 266 g/mol. The number of rotatable bonds is 3. The van der Waals surface area contributed by atoms with Gasteiger partial charge in [0.05, 0.1) is 5.69 Å². The highest BCUT2D eigenvalue weighted by atomic mass is 16.4.